The molecule has 16 heavy (non-hydrogen) atoms. The number of hydrogen-bond donors (Lipinski definition) is 0. The fourth-order valence-electron chi connectivity index (χ4n) is 1.52. The summed E-state index contributed by atoms with van der Waals surface area (Å²) < 4.78 is 6.76. The van der Waals surface area contributed by atoms with Crippen LogP contribution in [0.1, 0.15) is 11.4 Å². The van der Waals surface area contributed by atoms with E-state index in [1.165, 1.54) is 0 Å². The fourth-order valence-corrected chi connectivity index (χ4v) is 1.90. The summed E-state index contributed by atoms with van der Waals surface area (Å²) in [5, 5.41) is 0. The molecule has 0 spiro atoms. The number of pyridine rings is 1. The summed E-state index contributed by atoms with van der Waals surface area (Å²) in [6, 6.07) is 11.6. The highest BCUT2D eigenvalue weighted by atomic mass is 79.9. The van der Waals surface area contributed by atoms with Gasteiger partial charge in [-0.15, -0.1) is 0 Å². The number of aryl methyl sites for hydroxylation is 2. The smallest absolute Gasteiger partial charge is 0.131 e. The van der Waals surface area contributed by atoms with Gasteiger partial charge < -0.3 is 4.74 Å². The third-order valence-corrected chi connectivity index (χ3v) is 2.58. The summed E-state index contributed by atoms with van der Waals surface area (Å²) in [5.41, 5.74) is 1.93. The number of ether oxygens (including phenoxy) is 1. The molecular formula is C13H12BrNO. The Balaban J connectivity index is 2.27. The summed E-state index contributed by atoms with van der Waals surface area (Å²) in [5.74, 6) is 1.64. The highest BCUT2D eigenvalue weighted by Gasteiger charge is 2.00. The van der Waals surface area contributed by atoms with Crippen molar-refractivity contribution < 1.29 is 4.74 Å². The molecule has 3 heteroatoms. The zero-order valence-corrected chi connectivity index (χ0v) is 10.8. The molecular weight excluding hydrogens is 266 g/mol. The molecule has 2 aromatic rings. The van der Waals surface area contributed by atoms with Crippen molar-refractivity contribution in [2.24, 2.45) is 0 Å². The zero-order chi connectivity index (χ0) is 11.5. The Morgan fingerprint density at radius 2 is 1.69 bits per heavy atom. The van der Waals surface area contributed by atoms with Gasteiger partial charge in [0.05, 0.1) is 0 Å². The second-order valence-corrected chi connectivity index (χ2v) is 4.56. The SMILES string of the molecule is Cc1cc(Oc2cccc(Br)c2)cc(C)n1. The Morgan fingerprint density at radius 3 is 2.31 bits per heavy atom. The van der Waals surface area contributed by atoms with E-state index in [1.54, 1.807) is 0 Å². The molecule has 0 saturated carbocycles. The van der Waals surface area contributed by atoms with Crippen molar-refractivity contribution in [2.75, 3.05) is 0 Å². The van der Waals surface area contributed by atoms with Gasteiger partial charge in [0.15, 0.2) is 0 Å². The standard InChI is InChI=1S/C13H12BrNO/c1-9-6-13(7-10(2)15-9)16-12-5-3-4-11(14)8-12/h3-8H,1-2H3. The van der Waals surface area contributed by atoms with Gasteiger partial charge in [-0.25, -0.2) is 0 Å². The van der Waals surface area contributed by atoms with Gasteiger partial charge in [0.2, 0.25) is 0 Å². The Kier molecular flexibility index (Phi) is 3.25. The molecule has 0 aliphatic rings. The van der Waals surface area contributed by atoms with Crippen molar-refractivity contribution in [3.05, 3.63) is 52.3 Å². The number of benzene rings is 1. The maximum Gasteiger partial charge on any atom is 0.131 e. The van der Waals surface area contributed by atoms with Crippen LogP contribution in [-0.4, -0.2) is 4.98 Å². The number of hydrogen-bond acceptors (Lipinski definition) is 2. The third-order valence-electron chi connectivity index (χ3n) is 2.09. The molecule has 2 rings (SSSR count). The normalized spacial score (nSPS) is 10.2. The van der Waals surface area contributed by atoms with Crippen LogP contribution in [0.4, 0.5) is 0 Å². The van der Waals surface area contributed by atoms with Gasteiger partial charge in [0.25, 0.3) is 0 Å². The predicted octanol–water partition coefficient (Wildman–Crippen LogP) is 4.25. The molecule has 0 aliphatic heterocycles. The van der Waals surface area contributed by atoms with E-state index < -0.39 is 0 Å². The van der Waals surface area contributed by atoms with E-state index in [9.17, 15) is 0 Å². The first-order valence-corrected chi connectivity index (χ1v) is 5.81. The van der Waals surface area contributed by atoms with Gasteiger partial charge in [-0.2, -0.15) is 0 Å². The molecule has 0 fully saturated rings. The molecule has 0 atom stereocenters. The van der Waals surface area contributed by atoms with Crippen LogP contribution in [-0.2, 0) is 0 Å². The van der Waals surface area contributed by atoms with Gasteiger partial charge >= 0.3 is 0 Å². The summed E-state index contributed by atoms with van der Waals surface area (Å²) in [7, 11) is 0. The van der Waals surface area contributed by atoms with Crippen molar-refractivity contribution in [3.63, 3.8) is 0 Å². The minimum atomic E-state index is 0.819. The first-order valence-electron chi connectivity index (χ1n) is 5.02. The van der Waals surface area contributed by atoms with Crippen LogP contribution < -0.4 is 4.74 Å². The van der Waals surface area contributed by atoms with Crippen molar-refractivity contribution in [1.82, 2.24) is 4.98 Å². The minimum Gasteiger partial charge on any atom is -0.457 e. The quantitative estimate of drug-likeness (QED) is 0.819. The van der Waals surface area contributed by atoms with Crippen molar-refractivity contribution in [1.29, 1.82) is 0 Å². The van der Waals surface area contributed by atoms with Crippen LogP contribution in [0, 0.1) is 13.8 Å². The van der Waals surface area contributed by atoms with Gasteiger partial charge in [-0.3, -0.25) is 4.98 Å². The van der Waals surface area contributed by atoms with E-state index >= 15 is 0 Å². The van der Waals surface area contributed by atoms with Crippen LogP contribution in [0.15, 0.2) is 40.9 Å². The lowest BCUT2D eigenvalue weighted by atomic mass is 10.3. The lowest BCUT2D eigenvalue weighted by molar-refractivity contribution is 0.480. The lowest BCUT2D eigenvalue weighted by Crippen LogP contribution is -1.89. The molecule has 82 valence electrons. The Bertz CT molecular complexity index is 491. The minimum absolute atomic E-state index is 0.819. The van der Waals surface area contributed by atoms with E-state index in [0.29, 0.717) is 0 Å². The van der Waals surface area contributed by atoms with Gasteiger partial charge in [-0.1, -0.05) is 22.0 Å². The van der Waals surface area contributed by atoms with Gasteiger partial charge in [0, 0.05) is 28.0 Å². The van der Waals surface area contributed by atoms with Crippen LogP contribution >= 0.6 is 15.9 Å². The number of halogens is 1. The van der Waals surface area contributed by atoms with Crippen LogP contribution in [0.5, 0.6) is 11.5 Å². The molecule has 1 heterocycles. The molecule has 0 amide bonds. The summed E-state index contributed by atoms with van der Waals surface area (Å²) >= 11 is 3.41. The summed E-state index contributed by atoms with van der Waals surface area (Å²) in [6.45, 7) is 3.92. The summed E-state index contributed by atoms with van der Waals surface area (Å²) in [4.78, 5) is 4.30. The topological polar surface area (TPSA) is 22.1 Å². The predicted molar refractivity (Wildman–Crippen MR) is 67.9 cm³/mol. The third kappa shape index (κ3) is 2.83. The van der Waals surface area contributed by atoms with Crippen LogP contribution in [0.3, 0.4) is 0 Å². The largest absolute Gasteiger partial charge is 0.457 e. The Labute approximate surface area is 103 Å². The van der Waals surface area contributed by atoms with Crippen molar-refractivity contribution >= 4 is 15.9 Å². The zero-order valence-electron chi connectivity index (χ0n) is 9.20. The first kappa shape index (κ1) is 11.1. The van der Waals surface area contributed by atoms with E-state index in [1.807, 2.05) is 50.2 Å². The number of rotatable bonds is 2. The van der Waals surface area contributed by atoms with Gasteiger partial charge in [-0.05, 0) is 32.0 Å². The molecule has 0 radical (unpaired) electrons. The van der Waals surface area contributed by atoms with E-state index in [2.05, 4.69) is 20.9 Å². The van der Waals surface area contributed by atoms with E-state index in [4.69, 9.17) is 4.74 Å². The highest BCUT2D eigenvalue weighted by molar-refractivity contribution is 9.10. The van der Waals surface area contributed by atoms with Crippen LogP contribution in [0.2, 0.25) is 0 Å². The Morgan fingerprint density at radius 1 is 1.00 bits per heavy atom. The van der Waals surface area contributed by atoms with Crippen LogP contribution in [0.25, 0.3) is 0 Å². The molecule has 0 unspecified atom stereocenters. The van der Waals surface area contributed by atoms with Crippen molar-refractivity contribution in [3.8, 4) is 11.5 Å². The van der Waals surface area contributed by atoms with Crippen molar-refractivity contribution in [2.45, 2.75) is 13.8 Å². The highest BCUT2D eigenvalue weighted by Crippen LogP contribution is 2.24. The second-order valence-electron chi connectivity index (χ2n) is 3.65. The maximum atomic E-state index is 5.75. The average Bonchev–Trinajstić information content (AvgIpc) is 2.15. The lowest BCUT2D eigenvalue weighted by Gasteiger charge is -2.07. The molecule has 1 aromatic carbocycles. The fraction of sp³-hybridized carbons (Fsp3) is 0.154. The summed E-state index contributed by atoms with van der Waals surface area (Å²) in [6.07, 6.45) is 0. The first-order chi connectivity index (χ1) is 7.63. The molecule has 0 bridgehead atoms. The number of aromatic nitrogens is 1. The molecule has 0 saturated heterocycles. The second kappa shape index (κ2) is 4.66. The maximum absolute atomic E-state index is 5.75. The molecule has 1 aromatic heterocycles. The Hall–Kier alpha value is -1.35. The monoisotopic (exact) mass is 277 g/mol. The molecule has 0 N–H and O–H groups in total. The number of nitrogens with zero attached hydrogens (tertiary/aromatic N) is 1. The van der Waals surface area contributed by atoms with E-state index in [0.717, 1.165) is 27.4 Å². The average molecular weight is 278 g/mol. The molecule has 0 aliphatic carbocycles. The van der Waals surface area contributed by atoms with E-state index in [-0.39, 0.29) is 0 Å². The molecule has 2 nitrogen and oxygen atoms in total. The van der Waals surface area contributed by atoms with Gasteiger partial charge in [0.1, 0.15) is 11.5 Å².